The zero-order valence-electron chi connectivity index (χ0n) is 24.0. The number of pyridine rings is 1. The van der Waals surface area contributed by atoms with Crippen LogP contribution in [-0.4, -0.2) is 84.7 Å². The van der Waals surface area contributed by atoms with Gasteiger partial charge in [-0.25, -0.2) is 23.1 Å². The van der Waals surface area contributed by atoms with Crippen LogP contribution in [0.4, 0.5) is 29.7 Å². The molecule has 1 spiro atoms. The van der Waals surface area contributed by atoms with E-state index in [-0.39, 0.29) is 36.0 Å². The number of fused-ring (bicyclic) bond motifs is 2. The Bertz CT molecular complexity index is 1870. The molecule has 2 aromatic heterocycles. The number of nitrogens with zero attached hydrogens (tertiary/aromatic N) is 7. The summed E-state index contributed by atoms with van der Waals surface area (Å²) in [6.45, 7) is 3.84. The van der Waals surface area contributed by atoms with Gasteiger partial charge in [-0.2, -0.15) is 5.26 Å². The Labute approximate surface area is 255 Å². The zero-order valence-corrected chi connectivity index (χ0v) is 24.8. The van der Waals surface area contributed by atoms with E-state index in [0.29, 0.717) is 38.7 Å². The fourth-order valence-corrected chi connectivity index (χ4v) is 7.84. The third kappa shape index (κ3) is 4.32. The number of likely N-dealkylation sites (tertiary alicyclic amines) is 2. The lowest BCUT2D eigenvalue weighted by atomic mass is 9.72. The molecular formula is C32H28F3N7OS. The monoisotopic (exact) mass is 615 g/mol. The molecule has 8 rings (SSSR count). The minimum Gasteiger partial charge on any atom is -0.370 e. The molecule has 4 aromatic rings. The van der Waals surface area contributed by atoms with Gasteiger partial charge in [0, 0.05) is 61.0 Å². The summed E-state index contributed by atoms with van der Waals surface area (Å²) in [7, 11) is 1.88. The second-order valence-corrected chi connectivity index (χ2v) is 13.4. The van der Waals surface area contributed by atoms with E-state index in [9.17, 15) is 18.8 Å². The highest BCUT2D eigenvalue weighted by Crippen LogP contribution is 2.46. The number of halogens is 3. The molecule has 224 valence electrons. The molecule has 8 nitrogen and oxygen atoms in total. The van der Waals surface area contributed by atoms with Crippen LogP contribution in [0, 0.1) is 28.4 Å². The molecule has 3 fully saturated rings. The highest BCUT2D eigenvalue weighted by molar-refractivity contribution is 7.16. The molecule has 5 heterocycles. The molecule has 0 N–H and O–H groups in total. The Morgan fingerprint density at radius 2 is 1.86 bits per heavy atom. The Morgan fingerprint density at radius 1 is 1.11 bits per heavy atom. The number of alkyl halides is 1. The number of nitriles is 1. The summed E-state index contributed by atoms with van der Waals surface area (Å²) in [5, 5.41) is 11.1. The molecule has 2 aromatic carbocycles. The van der Waals surface area contributed by atoms with E-state index in [2.05, 4.69) is 20.9 Å². The third-order valence-electron chi connectivity index (χ3n) is 9.34. The normalized spacial score (nSPS) is 18.7. The van der Waals surface area contributed by atoms with Gasteiger partial charge < -0.3 is 14.7 Å². The predicted octanol–water partition coefficient (Wildman–Crippen LogP) is 4.68. The van der Waals surface area contributed by atoms with Crippen molar-refractivity contribution in [2.24, 2.45) is 5.41 Å². The molecule has 0 radical (unpaired) electrons. The van der Waals surface area contributed by atoms with E-state index in [4.69, 9.17) is 4.98 Å². The fraction of sp³-hybridized carbons (Fsp3) is 0.375. The Balaban J connectivity index is 1.06. The summed E-state index contributed by atoms with van der Waals surface area (Å²) in [5.74, 6) is -0.764. The summed E-state index contributed by atoms with van der Waals surface area (Å²) >= 11 is 1.25. The number of thiazole rings is 1. The number of hydrogen-bond acceptors (Lipinski definition) is 8. The van der Waals surface area contributed by atoms with Crippen molar-refractivity contribution in [1.29, 1.82) is 5.26 Å². The zero-order chi connectivity index (χ0) is 30.3. The van der Waals surface area contributed by atoms with Crippen molar-refractivity contribution >= 4 is 44.7 Å². The number of aromatic nitrogens is 2. The van der Waals surface area contributed by atoms with Crippen molar-refractivity contribution in [3.63, 3.8) is 0 Å². The van der Waals surface area contributed by atoms with E-state index in [1.54, 1.807) is 23.1 Å². The van der Waals surface area contributed by atoms with Crippen LogP contribution in [0.3, 0.4) is 0 Å². The molecule has 44 heavy (non-hydrogen) atoms. The summed E-state index contributed by atoms with van der Waals surface area (Å²) in [4.78, 5) is 30.0. The van der Waals surface area contributed by atoms with Gasteiger partial charge >= 0.3 is 0 Å². The first-order chi connectivity index (χ1) is 21.2. The summed E-state index contributed by atoms with van der Waals surface area (Å²) in [6, 6.07) is 11.7. The maximum atomic E-state index is 15.7. The van der Waals surface area contributed by atoms with Crippen LogP contribution in [0.1, 0.15) is 16.1 Å². The molecule has 12 heteroatoms. The fourth-order valence-electron chi connectivity index (χ4n) is 6.99. The number of rotatable bonds is 6. The highest BCUT2D eigenvalue weighted by atomic mass is 32.1. The van der Waals surface area contributed by atoms with Crippen molar-refractivity contribution in [3.8, 4) is 17.3 Å². The molecule has 0 atom stereocenters. The maximum Gasteiger partial charge on any atom is 0.236 e. The van der Waals surface area contributed by atoms with Gasteiger partial charge in [-0.1, -0.05) is 11.3 Å². The van der Waals surface area contributed by atoms with Crippen LogP contribution in [-0.2, 0) is 17.6 Å². The standard InChI is InChI=1S/C32H28F3N7OS/c1-39(31-38-28(26(10-36)44-31)18-2-4-19(33)5-3-18)30-22-6-7-25(22)37-29-23(30)8-21(9-24(29)35)42-16-32(17-42)14-40(15-32)13-27(43)41-11-20(34)12-41/h2-5,8-9,20H,6-7,11-17H2,1H3. The van der Waals surface area contributed by atoms with Crippen LogP contribution in [0.5, 0.6) is 0 Å². The van der Waals surface area contributed by atoms with Crippen molar-refractivity contribution in [1.82, 2.24) is 19.8 Å². The lowest BCUT2D eigenvalue weighted by molar-refractivity contribution is -0.143. The summed E-state index contributed by atoms with van der Waals surface area (Å²) < 4.78 is 42.4. The molecule has 0 unspecified atom stereocenters. The lowest BCUT2D eigenvalue weighted by Crippen LogP contribution is -2.73. The number of hydrogen-bond donors (Lipinski definition) is 0. The van der Waals surface area contributed by atoms with Gasteiger partial charge in [-0.3, -0.25) is 9.69 Å². The van der Waals surface area contributed by atoms with Gasteiger partial charge in [0.1, 0.15) is 34.1 Å². The average Bonchev–Trinajstić information content (AvgIpc) is 3.37. The first-order valence-electron chi connectivity index (χ1n) is 14.6. The molecule has 0 saturated carbocycles. The molecule has 3 aliphatic heterocycles. The van der Waals surface area contributed by atoms with Gasteiger partial charge in [-0.05, 0) is 54.8 Å². The second-order valence-electron chi connectivity index (χ2n) is 12.5. The maximum absolute atomic E-state index is 15.7. The van der Waals surface area contributed by atoms with Crippen LogP contribution in [0.25, 0.3) is 22.2 Å². The quantitative estimate of drug-likeness (QED) is 0.312. The third-order valence-corrected chi connectivity index (χ3v) is 10.4. The first-order valence-corrected chi connectivity index (χ1v) is 15.5. The molecule has 0 bridgehead atoms. The highest BCUT2D eigenvalue weighted by Gasteiger charge is 2.52. The van der Waals surface area contributed by atoms with Gasteiger partial charge in [0.05, 0.1) is 25.3 Å². The SMILES string of the molecule is CN(c1nc(-c2ccc(F)cc2)c(C#N)s1)c1c2c(nc3c(F)cc(N4CC5(CN(CC(=O)N6CC(F)C6)C5)C4)cc13)CC2. The number of aryl methyl sites for hydroxylation is 1. The van der Waals surface area contributed by atoms with Gasteiger partial charge in [0.2, 0.25) is 5.91 Å². The van der Waals surface area contributed by atoms with Crippen LogP contribution < -0.4 is 9.80 Å². The number of benzene rings is 2. The topological polar surface area (TPSA) is 79.6 Å². The minimum absolute atomic E-state index is 0.0193. The van der Waals surface area contributed by atoms with Crippen molar-refractivity contribution < 1.29 is 18.0 Å². The molecule has 1 aliphatic carbocycles. The molecule has 4 aliphatic rings. The van der Waals surface area contributed by atoms with Crippen molar-refractivity contribution in [2.45, 2.75) is 19.0 Å². The van der Waals surface area contributed by atoms with Gasteiger partial charge in [-0.15, -0.1) is 0 Å². The van der Waals surface area contributed by atoms with Crippen molar-refractivity contribution in [3.05, 3.63) is 64.2 Å². The van der Waals surface area contributed by atoms with E-state index >= 15 is 4.39 Å². The van der Waals surface area contributed by atoms with Crippen molar-refractivity contribution in [2.75, 3.05) is 62.7 Å². The first kappa shape index (κ1) is 27.3. The predicted molar refractivity (Wildman–Crippen MR) is 162 cm³/mol. The van der Waals surface area contributed by atoms with E-state index in [1.165, 1.54) is 23.5 Å². The number of amides is 1. The van der Waals surface area contributed by atoms with Gasteiger partial charge in [0.15, 0.2) is 10.9 Å². The summed E-state index contributed by atoms with van der Waals surface area (Å²) in [6.07, 6.45) is 0.692. The minimum atomic E-state index is -0.896. The molecule has 1 amide bonds. The summed E-state index contributed by atoms with van der Waals surface area (Å²) in [5.41, 5.74) is 5.07. The van der Waals surface area contributed by atoms with E-state index in [0.717, 1.165) is 61.7 Å². The Hall–Kier alpha value is -4.21. The number of carbonyl (C=O) groups excluding carboxylic acids is 1. The Kier molecular flexibility index (Phi) is 6.16. The average molecular weight is 616 g/mol. The lowest BCUT2D eigenvalue weighted by Gasteiger charge is -2.61. The second kappa shape index (κ2) is 9.90. The van der Waals surface area contributed by atoms with Crippen LogP contribution in [0.2, 0.25) is 0 Å². The largest absolute Gasteiger partial charge is 0.370 e. The number of anilines is 3. The van der Waals surface area contributed by atoms with Gasteiger partial charge in [0.25, 0.3) is 0 Å². The van der Waals surface area contributed by atoms with Crippen LogP contribution in [0.15, 0.2) is 36.4 Å². The Morgan fingerprint density at radius 3 is 2.52 bits per heavy atom. The van der Waals surface area contributed by atoms with E-state index < -0.39 is 6.17 Å². The van der Waals surface area contributed by atoms with E-state index in [1.807, 2.05) is 18.0 Å². The molecule has 3 saturated heterocycles. The number of carbonyl (C=O) groups is 1. The smallest absolute Gasteiger partial charge is 0.236 e. The molecular weight excluding hydrogens is 587 g/mol. The van der Waals surface area contributed by atoms with Crippen LogP contribution >= 0.6 is 11.3 Å².